The van der Waals surface area contributed by atoms with Gasteiger partial charge < -0.3 is 15.4 Å². The van der Waals surface area contributed by atoms with Gasteiger partial charge in [0.2, 0.25) is 5.95 Å². The lowest BCUT2D eigenvalue weighted by Gasteiger charge is -2.30. The molecule has 1 atom stereocenters. The number of allylic oxidation sites excluding steroid dienone is 1. The Bertz CT molecular complexity index is 1150. The molecule has 160 valence electrons. The van der Waals surface area contributed by atoms with Gasteiger partial charge in [-0.3, -0.25) is 4.79 Å². The Morgan fingerprint density at radius 1 is 1.16 bits per heavy atom. The largest absolute Gasteiger partial charge is 0.493 e. The number of aromatic nitrogens is 3. The minimum Gasteiger partial charge on any atom is -0.493 e. The van der Waals surface area contributed by atoms with Crippen molar-refractivity contribution in [2.75, 3.05) is 17.2 Å². The van der Waals surface area contributed by atoms with E-state index in [1.165, 1.54) is 6.33 Å². The van der Waals surface area contributed by atoms with Crippen molar-refractivity contribution in [3.8, 4) is 5.75 Å². The van der Waals surface area contributed by atoms with E-state index in [4.69, 9.17) is 4.74 Å². The zero-order valence-electron chi connectivity index (χ0n) is 18.3. The number of fused-ring (bicyclic) bond motifs is 1. The summed E-state index contributed by atoms with van der Waals surface area (Å²) in [7, 11) is 0. The van der Waals surface area contributed by atoms with Crippen LogP contribution in [0.4, 0.5) is 11.6 Å². The molecule has 1 aliphatic heterocycles. The molecule has 0 saturated carbocycles. The van der Waals surface area contributed by atoms with Crippen molar-refractivity contribution in [1.29, 1.82) is 0 Å². The van der Waals surface area contributed by atoms with Crippen LogP contribution in [0.15, 0.2) is 60.1 Å². The minimum atomic E-state index is -0.461. The maximum absolute atomic E-state index is 13.6. The average Bonchev–Trinajstić information content (AvgIpc) is 3.22. The van der Waals surface area contributed by atoms with Crippen LogP contribution in [-0.2, 0) is 4.79 Å². The van der Waals surface area contributed by atoms with E-state index in [1.807, 2.05) is 63.2 Å². The molecule has 0 bridgehead atoms. The first-order valence-corrected chi connectivity index (χ1v) is 10.5. The molecule has 7 heteroatoms. The molecule has 0 saturated heterocycles. The van der Waals surface area contributed by atoms with Crippen molar-refractivity contribution in [2.45, 2.75) is 40.2 Å². The number of rotatable bonds is 6. The van der Waals surface area contributed by atoms with Gasteiger partial charge in [-0.15, -0.1) is 0 Å². The van der Waals surface area contributed by atoms with Crippen LogP contribution in [0.1, 0.15) is 43.0 Å². The summed E-state index contributed by atoms with van der Waals surface area (Å²) in [5.74, 6) is 1.15. The molecule has 31 heavy (non-hydrogen) atoms. The van der Waals surface area contributed by atoms with Gasteiger partial charge in [-0.05, 0) is 50.5 Å². The van der Waals surface area contributed by atoms with Gasteiger partial charge in [0.05, 0.1) is 12.2 Å². The molecule has 0 fully saturated rings. The third-order valence-corrected chi connectivity index (χ3v) is 5.57. The van der Waals surface area contributed by atoms with Crippen molar-refractivity contribution >= 4 is 17.5 Å². The van der Waals surface area contributed by atoms with Gasteiger partial charge in [0, 0.05) is 16.9 Å². The van der Waals surface area contributed by atoms with Gasteiger partial charge in [-0.2, -0.15) is 10.1 Å². The van der Waals surface area contributed by atoms with E-state index in [1.54, 1.807) is 4.68 Å². The molecule has 1 amide bonds. The monoisotopic (exact) mass is 417 g/mol. The normalized spacial score (nSPS) is 15.3. The van der Waals surface area contributed by atoms with Gasteiger partial charge in [0.15, 0.2) is 0 Å². The maximum Gasteiger partial charge on any atom is 0.255 e. The first-order chi connectivity index (χ1) is 15.0. The van der Waals surface area contributed by atoms with Crippen molar-refractivity contribution < 1.29 is 9.53 Å². The molecule has 0 spiro atoms. The summed E-state index contributed by atoms with van der Waals surface area (Å²) >= 11 is 0. The van der Waals surface area contributed by atoms with Crippen LogP contribution in [0.3, 0.4) is 0 Å². The Morgan fingerprint density at radius 3 is 2.77 bits per heavy atom. The van der Waals surface area contributed by atoms with Gasteiger partial charge in [0.1, 0.15) is 18.1 Å². The first-order valence-electron chi connectivity index (χ1n) is 10.5. The summed E-state index contributed by atoms with van der Waals surface area (Å²) in [6.07, 6.45) is 2.38. The highest BCUT2D eigenvalue weighted by molar-refractivity contribution is 6.06. The van der Waals surface area contributed by atoms with Crippen LogP contribution < -0.4 is 15.4 Å². The van der Waals surface area contributed by atoms with Crippen LogP contribution in [0.25, 0.3) is 0 Å². The fraction of sp³-hybridized carbons (Fsp3) is 0.292. The fourth-order valence-corrected chi connectivity index (χ4v) is 3.80. The number of ether oxygens (including phenoxy) is 1. The summed E-state index contributed by atoms with van der Waals surface area (Å²) in [5.41, 5.74) is 5.14. The number of hydrogen-bond donors (Lipinski definition) is 2. The molecule has 0 radical (unpaired) electrons. The number of para-hydroxylation sites is 1. The highest BCUT2D eigenvalue weighted by atomic mass is 16.5. The molecule has 1 aromatic heterocycles. The molecule has 3 aromatic rings. The lowest BCUT2D eigenvalue weighted by atomic mass is 9.94. The van der Waals surface area contributed by atoms with Gasteiger partial charge in [0.25, 0.3) is 5.91 Å². The molecule has 2 N–H and O–H groups in total. The molecule has 7 nitrogen and oxygen atoms in total. The molecule has 0 aliphatic carbocycles. The first kappa shape index (κ1) is 20.7. The smallest absolute Gasteiger partial charge is 0.255 e. The standard InChI is InChI=1S/C24H27N5O2/c1-5-13-31-20-12-7-6-10-18(20)22-21(17(4)27-24-25-14-26-29(22)24)23(30)28-19-11-8-9-15(2)16(19)3/h6-12,14,22H,5,13H2,1-4H3,(H,28,30)(H,25,26,27). The number of carbonyl (C=O) groups excluding carboxylic acids is 1. The fourth-order valence-electron chi connectivity index (χ4n) is 3.80. The highest BCUT2D eigenvalue weighted by Crippen LogP contribution is 2.39. The Kier molecular flexibility index (Phi) is 5.75. The Morgan fingerprint density at radius 2 is 1.97 bits per heavy atom. The quantitative estimate of drug-likeness (QED) is 0.612. The van der Waals surface area contributed by atoms with Gasteiger partial charge in [-0.1, -0.05) is 37.3 Å². The van der Waals surface area contributed by atoms with E-state index >= 15 is 0 Å². The van der Waals surface area contributed by atoms with E-state index in [0.29, 0.717) is 18.1 Å². The topological polar surface area (TPSA) is 81.1 Å². The third kappa shape index (κ3) is 3.91. The Labute approximate surface area is 182 Å². The average molecular weight is 418 g/mol. The molecular weight excluding hydrogens is 390 g/mol. The van der Waals surface area contributed by atoms with Crippen LogP contribution in [0.5, 0.6) is 5.75 Å². The SMILES string of the molecule is CCCOc1ccccc1C1C(C(=O)Nc2cccc(C)c2C)=C(C)Nc2ncnn21. The molecule has 2 heterocycles. The molecule has 4 rings (SSSR count). The minimum absolute atomic E-state index is 0.185. The number of carbonyl (C=O) groups is 1. The van der Waals surface area contributed by atoms with Crippen LogP contribution in [0, 0.1) is 13.8 Å². The van der Waals surface area contributed by atoms with E-state index in [2.05, 4.69) is 27.6 Å². The number of nitrogens with zero attached hydrogens (tertiary/aromatic N) is 3. The van der Waals surface area contributed by atoms with E-state index < -0.39 is 6.04 Å². The van der Waals surface area contributed by atoms with E-state index in [9.17, 15) is 4.79 Å². The third-order valence-electron chi connectivity index (χ3n) is 5.57. The van der Waals surface area contributed by atoms with Crippen molar-refractivity contribution in [2.24, 2.45) is 0 Å². The zero-order valence-corrected chi connectivity index (χ0v) is 18.3. The van der Waals surface area contributed by atoms with E-state index in [-0.39, 0.29) is 5.91 Å². The second-order valence-corrected chi connectivity index (χ2v) is 7.68. The van der Waals surface area contributed by atoms with Crippen molar-refractivity contribution in [1.82, 2.24) is 14.8 Å². The summed E-state index contributed by atoms with van der Waals surface area (Å²) in [6.45, 7) is 8.59. The zero-order chi connectivity index (χ0) is 22.0. The number of nitrogens with one attached hydrogen (secondary N) is 2. The number of anilines is 2. The molecule has 2 aromatic carbocycles. The second kappa shape index (κ2) is 8.63. The summed E-state index contributed by atoms with van der Waals surface area (Å²) in [6, 6.07) is 13.2. The van der Waals surface area contributed by atoms with Crippen molar-refractivity contribution in [3.05, 3.63) is 76.8 Å². The highest BCUT2D eigenvalue weighted by Gasteiger charge is 2.35. The number of amides is 1. The lowest BCUT2D eigenvalue weighted by Crippen LogP contribution is -2.32. The number of benzene rings is 2. The molecule has 1 aliphatic rings. The summed E-state index contributed by atoms with van der Waals surface area (Å²) in [4.78, 5) is 17.9. The maximum atomic E-state index is 13.6. The lowest BCUT2D eigenvalue weighted by molar-refractivity contribution is -0.113. The summed E-state index contributed by atoms with van der Waals surface area (Å²) in [5, 5.41) is 10.7. The van der Waals surface area contributed by atoms with Crippen LogP contribution >= 0.6 is 0 Å². The van der Waals surface area contributed by atoms with Crippen molar-refractivity contribution in [3.63, 3.8) is 0 Å². The predicted molar refractivity (Wildman–Crippen MR) is 121 cm³/mol. The van der Waals surface area contributed by atoms with Gasteiger partial charge in [-0.25, -0.2) is 4.68 Å². The predicted octanol–water partition coefficient (Wildman–Crippen LogP) is 4.61. The molecule has 1 unspecified atom stereocenters. The van der Waals surface area contributed by atoms with E-state index in [0.717, 1.165) is 40.2 Å². The van der Waals surface area contributed by atoms with Crippen LogP contribution in [0.2, 0.25) is 0 Å². The Balaban J connectivity index is 1.79. The number of aryl methyl sites for hydroxylation is 1. The van der Waals surface area contributed by atoms with Crippen LogP contribution in [-0.4, -0.2) is 27.3 Å². The Hall–Kier alpha value is -3.61. The molecular formula is C24H27N5O2. The summed E-state index contributed by atoms with van der Waals surface area (Å²) < 4.78 is 7.75. The van der Waals surface area contributed by atoms with Gasteiger partial charge >= 0.3 is 0 Å². The number of hydrogen-bond acceptors (Lipinski definition) is 5. The second-order valence-electron chi connectivity index (χ2n) is 7.68.